The molecule has 0 radical (unpaired) electrons. The summed E-state index contributed by atoms with van der Waals surface area (Å²) in [7, 11) is -4.02. The smallest absolute Gasteiger partial charge is 0.356 e. The lowest BCUT2D eigenvalue weighted by atomic mass is 10.3. The molecular weight excluding hydrogens is 352 g/mol. The zero-order valence-corrected chi connectivity index (χ0v) is 14.2. The third-order valence-corrected chi connectivity index (χ3v) is 5.26. The molecule has 2 heterocycles. The number of esters is 1. The minimum Gasteiger partial charge on any atom is -0.461 e. The largest absolute Gasteiger partial charge is 0.461 e. The third kappa shape index (κ3) is 2.76. The second-order valence-electron chi connectivity index (χ2n) is 4.90. The van der Waals surface area contributed by atoms with Crippen molar-refractivity contribution in [1.29, 1.82) is 0 Å². The standard InChI is InChI=1S/C16H13ClN2O4S/c1-2-23-16(20)14-9-11-8-12(17)10-18-15(11)19(14)24(21,22)13-6-4-3-5-7-13/h3-10H,2H2,1H3. The summed E-state index contributed by atoms with van der Waals surface area (Å²) >= 11 is 5.91. The van der Waals surface area contributed by atoms with E-state index in [1.54, 1.807) is 31.2 Å². The molecule has 0 atom stereocenters. The van der Waals surface area contributed by atoms with Crippen LogP contribution in [0.2, 0.25) is 5.02 Å². The van der Waals surface area contributed by atoms with Gasteiger partial charge in [0.2, 0.25) is 0 Å². The molecule has 2 aromatic heterocycles. The summed E-state index contributed by atoms with van der Waals surface area (Å²) in [6, 6.07) is 10.8. The number of hydrogen-bond donors (Lipinski definition) is 0. The Labute approximate surface area is 143 Å². The van der Waals surface area contributed by atoms with Crippen LogP contribution in [0.5, 0.6) is 0 Å². The second kappa shape index (κ2) is 6.26. The average Bonchev–Trinajstić information content (AvgIpc) is 2.95. The number of ether oxygens (including phenoxy) is 1. The fourth-order valence-corrected chi connectivity index (χ4v) is 3.98. The molecule has 0 spiro atoms. The molecule has 0 N–H and O–H groups in total. The normalized spacial score (nSPS) is 11.6. The first kappa shape index (κ1) is 16.5. The molecule has 0 aliphatic heterocycles. The van der Waals surface area contributed by atoms with Crippen LogP contribution < -0.4 is 0 Å². The monoisotopic (exact) mass is 364 g/mol. The Hall–Kier alpha value is -2.38. The van der Waals surface area contributed by atoms with E-state index in [2.05, 4.69) is 4.98 Å². The highest BCUT2D eigenvalue weighted by atomic mass is 35.5. The second-order valence-corrected chi connectivity index (χ2v) is 7.12. The van der Waals surface area contributed by atoms with Crippen LogP contribution in [0.25, 0.3) is 11.0 Å². The Bertz CT molecular complexity index is 1010. The summed E-state index contributed by atoms with van der Waals surface area (Å²) in [5, 5.41) is 0.775. The van der Waals surface area contributed by atoms with Gasteiger partial charge in [0.1, 0.15) is 5.69 Å². The van der Waals surface area contributed by atoms with Crippen LogP contribution in [-0.2, 0) is 14.8 Å². The van der Waals surface area contributed by atoms with Crippen molar-refractivity contribution in [3.8, 4) is 0 Å². The first-order valence-corrected chi connectivity index (χ1v) is 8.91. The highest BCUT2D eigenvalue weighted by Crippen LogP contribution is 2.26. The number of halogens is 1. The maximum Gasteiger partial charge on any atom is 0.356 e. The van der Waals surface area contributed by atoms with Crippen LogP contribution in [0.4, 0.5) is 0 Å². The predicted octanol–water partition coefficient (Wildman–Crippen LogP) is 3.10. The summed E-state index contributed by atoms with van der Waals surface area (Å²) in [5.74, 6) is -0.744. The number of carbonyl (C=O) groups is 1. The lowest BCUT2D eigenvalue weighted by Gasteiger charge is -2.10. The number of carbonyl (C=O) groups excluding carboxylic acids is 1. The zero-order chi connectivity index (χ0) is 17.3. The van der Waals surface area contributed by atoms with E-state index in [1.807, 2.05) is 0 Å². The van der Waals surface area contributed by atoms with E-state index in [1.165, 1.54) is 24.4 Å². The van der Waals surface area contributed by atoms with E-state index in [4.69, 9.17) is 16.3 Å². The number of benzene rings is 1. The van der Waals surface area contributed by atoms with Gasteiger partial charge in [-0.05, 0) is 31.2 Å². The van der Waals surface area contributed by atoms with Crippen LogP contribution in [0.1, 0.15) is 17.4 Å². The quantitative estimate of drug-likeness (QED) is 0.665. The van der Waals surface area contributed by atoms with Gasteiger partial charge in [0.15, 0.2) is 5.65 Å². The topological polar surface area (TPSA) is 78.3 Å². The van der Waals surface area contributed by atoms with Crippen molar-refractivity contribution in [3.63, 3.8) is 0 Å². The maximum absolute atomic E-state index is 13.0. The highest BCUT2D eigenvalue weighted by molar-refractivity contribution is 7.90. The minimum absolute atomic E-state index is 0.0461. The van der Waals surface area contributed by atoms with E-state index in [9.17, 15) is 13.2 Å². The number of fused-ring (bicyclic) bond motifs is 1. The van der Waals surface area contributed by atoms with Gasteiger partial charge in [0.05, 0.1) is 16.5 Å². The lowest BCUT2D eigenvalue weighted by molar-refractivity contribution is 0.0518. The average molecular weight is 365 g/mol. The van der Waals surface area contributed by atoms with E-state index in [0.29, 0.717) is 10.4 Å². The number of pyridine rings is 1. The molecule has 3 aromatic rings. The van der Waals surface area contributed by atoms with Crippen molar-refractivity contribution in [3.05, 3.63) is 59.4 Å². The molecule has 0 aliphatic carbocycles. The first-order valence-electron chi connectivity index (χ1n) is 7.10. The molecule has 8 heteroatoms. The summed E-state index contributed by atoms with van der Waals surface area (Å²) in [6.07, 6.45) is 1.33. The molecule has 0 saturated carbocycles. The fraction of sp³-hybridized carbons (Fsp3) is 0.125. The summed E-state index contributed by atoms with van der Waals surface area (Å²) in [4.78, 5) is 16.4. The summed E-state index contributed by atoms with van der Waals surface area (Å²) in [6.45, 7) is 1.77. The molecule has 6 nitrogen and oxygen atoms in total. The van der Waals surface area contributed by atoms with Crippen molar-refractivity contribution >= 4 is 38.6 Å². The Kier molecular flexibility index (Phi) is 4.29. The van der Waals surface area contributed by atoms with Crippen LogP contribution >= 0.6 is 11.6 Å². The van der Waals surface area contributed by atoms with Crippen molar-refractivity contribution in [2.75, 3.05) is 6.61 Å². The molecule has 1 aromatic carbocycles. The van der Waals surface area contributed by atoms with Crippen molar-refractivity contribution in [2.45, 2.75) is 11.8 Å². The molecule has 0 unspecified atom stereocenters. The predicted molar refractivity (Wildman–Crippen MR) is 89.7 cm³/mol. The molecule has 124 valence electrons. The Morgan fingerprint density at radius 3 is 2.62 bits per heavy atom. The van der Waals surface area contributed by atoms with Crippen LogP contribution in [0, 0.1) is 0 Å². The van der Waals surface area contributed by atoms with Gasteiger partial charge in [-0.25, -0.2) is 22.2 Å². The summed E-state index contributed by atoms with van der Waals surface area (Å²) < 4.78 is 31.9. The van der Waals surface area contributed by atoms with E-state index in [-0.39, 0.29) is 22.8 Å². The fourth-order valence-electron chi connectivity index (χ4n) is 2.33. The molecule has 0 saturated heterocycles. The maximum atomic E-state index is 13.0. The van der Waals surface area contributed by atoms with Gasteiger partial charge in [-0.2, -0.15) is 0 Å². The van der Waals surface area contributed by atoms with Crippen LogP contribution in [0.3, 0.4) is 0 Å². The first-order chi connectivity index (χ1) is 11.4. The third-order valence-electron chi connectivity index (χ3n) is 3.33. The molecule has 0 fully saturated rings. The van der Waals surface area contributed by atoms with Crippen LogP contribution in [-0.4, -0.2) is 30.0 Å². The molecule has 0 bridgehead atoms. The van der Waals surface area contributed by atoms with Crippen LogP contribution in [0.15, 0.2) is 53.6 Å². The Morgan fingerprint density at radius 1 is 1.25 bits per heavy atom. The SMILES string of the molecule is CCOC(=O)c1cc2cc(Cl)cnc2n1S(=O)(=O)c1ccccc1. The number of aromatic nitrogens is 2. The van der Waals surface area contributed by atoms with Gasteiger partial charge in [-0.1, -0.05) is 29.8 Å². The van der Waals surface area contributed by atoms with Crippen molar-refractivity contribution in [2.24, 2.45) is 0 Å². The minimum atomic E-state index is -4.02. The van der Waals surface area contributed by atoms with Crippen molar-refractivity contribution < 1.29 is 17.9 Å². The van der Waals surface area contributed by atoms with E-state index in [0.717, 1.165) is 3.97 Å². The van der Waals surface area contributed by atoms with Gasteiger partial charge in [0.25, 0.3) is 10.0 Å². The van der Waals surface area contributed by atoms with Gasteiger partial charge in [-0.15, -0.1) is 0 Å². The molecule has 0 amide bonds. The van der Waals surface area contributed by atoms with Gasteiger partial charge < -0.3 is 4.74 Å². The Morgan fingerprint density at radius 2 is 1.96 bits per heavy atom. The van der Waals surface area contributed by atoms with Gasteiger partial charge >= 0.3 is 5.97 Å². The van der Waals surface area contributed by atoms with E-state index >= 15 is 0 Å². The molecule has 0 aliphatic rings. The zero-order valence-electron chi connectivity index (χ0n) is 12.6. The Balaban J connectivity index is 2.33. The number of nitrogens with zero attached hydrogens (tertiary/aromatic N) is 2. The molecular formula is C16H13ClN2O4S. The molecule has 24 heavy (non-hydrogen) atoms. The highest BCUT2D eigenvalue weighted by Gasteiger charge is 2.27. The van der Waals surface area contributed by atoms with Gasteiger partial charge in [0, 0.05) is 11.6 Å². The van der Waals surface area contributed by atoms with E-state index < -0.39 is 16.0 Å². The number of hydrogen-bond acceptors (Lipinski definition) is 5. The van der Waals surface area contributed by atoms with Gasteiger partial charge in [-0.3, -0.25) is 0 Å². The summed E-state index contributed by atoms with van der Waals surface area (Å²) in [5.41, 5.74) is -0.00299. The molecule has 3 rings (SSSR count). The lowest BCUT2D eigenvalue weighted by Crippen LogP contribution is -2.20. The number of rotatable bonds is 4. The van der Waals surface area contributed by atoms with Crippen molar-refractivity contribution in [1.82, 2.24) is 8.96 Å².